The Hall–Kier alpha value is -1.44. The van der Waals surface area contributed by atoms with Crippen LogP contribution in [0.4, 0.5) is 5.69 Å². The number of aliphatic imine (C=N–C) groups is 1. The van der Waals surface area contributed by atoms with Crippen molar-refractivity contribution in [3.05, 3.63) is 36.2 Å². The summed E-state index contributed by atoms with van der Waals surface area (Å²) in [5, 5.41) is 0. The minimum Gasteiger partial charge on any atom is -0.259 e. The molecule has 0 radical (unpaired) electrons. The van der Waals surface area contributed by atoms with Crippen LogP contribution in [0.5, 0.6) is 0 Å². The highest BCUT2D eigenvalue weighted by molar-refractivity contribution is 5.74. The average molecular weight is 234 g/mol. The molecule has 0 fully saturated rings. The lowest BCUT2D eigenvalue weighted by molar-refractivity contribution is 1.03. The molecule has 0 aliphatic carbocycles. The van der Waals surface area contributed by atoms with E-state index in [1.165, 1.54) is 0 Å². The van der Waals surface area contributed by atoms with Gasteiger partial charge >= 0.3 is 0 Å². The van der Waals surface area contributed by atoms with Gasteiger partial charge in [-0.2, -0.15) is 0 Å². The van der Waals surface area contributed by atoms with Gasteiger partial charge in [0.05, 0.1) is 11.9 Å². The van der Waals surface area contributed by atoms with Gasteiger partial charge in [-0.1, -0.05) is 47.3 Å². The van der Waals surface area contributed by atoms with Crippen molar-refractivity contribution in [2.45, 2.75) is 48.0 Å². The van der Waals surface area contributed by atoms with Crippen LogP contribution in [0.2, 0.25) is 0 Å². The first kappa shape index (κ1) is 17.9. The second kappa shape index (κ2) is 12.6. The predicted molar refractivity (Wildman–Crippen MR) is 79.4 cm³/mol. The average Bonchev–Trinajstić information content (AvgIpc) is 2.42. The smallest absolute Gasteiger partial charge is 0.0842 e. The van der Waals surface area contributed by atoms with Crippen molar-refractivity contribution in [2.75, 3.05) is 0 Å². The van der Waals surface area contributed by atoms with Gasteiger partial charge in [0, 0.05) is 11.9 Å². The molecule has 96 valence electrons. The Balaban J connectivity index is 0. The van der Waals surface area contributed by atoms with Crippen LogP contribution in [0.3, 0.4) is 0 Å². The molecular formula is C15H26N2. The SMILES string of the molecule is C=CC=Nc1cnc(CC)cc1C.CC.CC. The van der Waals surface area contributed by atoms with E-state index in [4.69, 9.17) is 0 Å². The highest BCUT2D eigenvalue weighted by Gasteiger charge is 1.97. The fourth-order valence-electron chi connectivity index (χ4n) is 1.07. The Morgan fingerprint density at radius 1 is 1.29 bits per heavy atom. The topological polar surface area (TPSA) is 25.2 Å². The summed E-state index contributed by atoms with van der Waals surface area (Å²) in [7, 11) is 0. The number of pyridine rings is 1. The molecule has 0 aromatic carbocycles. The van der Waals surface area contributed by atoms with E-state index in [9.17, 15) is 0 Å². The molecule has 17 heavy (non-hydrogen) atoms. The minimum absolute atomic E-state index is 0.914. The molecule has 0 spiro atoms. The van der Waals surface area contributed by atoms with Crippen LogP contribution in [-0.2, 0) is 6.42 Å². The second-order valence-corrected chi connectivity index (χ2v) is 2.83. The Labute approximate surface area is 107 Å². The number of nitrogens with zero attached hydrogens (tertiary/aromatic N) is 2. The van der Waals surface area contributed by atoms with Gasteiger partial charge < -0.3 is 0 Å². The van der Waals surface area contributed by atoms with Crippen molar-refractivity contribution in [3.63, 3.8) is 0 Å². The number of allylic oxidation sites excluding steroid dienone is 1. The van der Waals surface area contributed by atoms with Gasteiger partial charge in [-0.05, 0) is 25.0 Å². The van der Waals surface area contributed by atoms with Crippen LogP contribution in [0.15, 0.2) is 29.9 Å². The van der Waals surface area contributed by atoms with E-state index in [1.54, 1.807) is 18.5 Å². The van der Waals surface area contributed by atoms with E-state index in [-0.39, 0.29) is 0 Å². The van der Waals surface area contributed by atoms with E-state index in [0.717, 1.165) is 23.4 Å². The summed E-state index contributed by atoms with van der Waals surface area (Å²) in [6, 6.07) is 2.07. The highest BCUT2D eigenvalue weighted by Crippen LogP contribution is 2.17. The molecule has 0 amide bonds. The van der Waals surface area contributed by atoms with Crippen molar-refractivity contribution in [3.8, 4) is 0 Å². The van der Waals surface area contributed by atoms with Crippen molar-refractivity contribution in [1.29, 1.82) is 0 Å². The first-order valence-electron chi connectivity index (χ1n) is 6.38. The summed E-state index contributed by atoms with van der Waals surface area (Å²) in [6.45, 7) is 15.7. The normalized spacial score (nSPS) is 8.82. The molecule has 1 heterocycles. The van der Waals surface area contributed by atoms with Crippen molar-refractivity contribution >= 4 is 11.9 Å². The van der Waals surface area contributed by atoms with Gasteiger partial charge in [0.2, 0.25) is 0 Å². The maximum absolute atomic E-state index is 4.26. The molecule has 0 unspecified atom stereocenters. The fourth-order valence-corrected chi connectivity index (χ4v) is 1.07. The zero-order valence-electron chi connectivity index (χ0n) is 12.1. The molecule has 1 aromatic heterocycles. The van der Waals surface area contributed by atoms with Crippen LogP contribution in [0, 0.1) is 6.92 Å². The standard InChI is InChI=1S/C11H14N2.2C2H6/c1-4-6-12-11-8-13-10(5-2)7-9(11)3;2*1-2/h4,6-8H,1,5H2,2-3H3;2*1-2H3. The second-order valence-electron chi connectivity index (χ2n) is 2.83. The number of aromatic nitrogens is 1. The minimum atomic E-state index is 0.914. The number of hydrogen-bond acceptors (Lipinski definition) is 2. The molecule has 2 heteroatoms. The van der Waals surface area contributed by atoms with E-state index in [2.05, 4.69) is 29.5 Å². The van der Waals surface area contributed by atoms with Crippen molar-refractivity contribution < 1.29 is 0 Å². The van der Waals surface area contributed by atoms with Gasteiger partial charge in [0.1, 0.15) is 0 Å². The largest absolute Gasteiger partial charge is 0.259 e. The van der Waals surface area contributed by atoms with E-state index in [1.807, 2.05) is 34.6 Å². The van der Waals surface area contributed by atoms with E-state index < -0.39 is 0 Å². The highest BCUT2D eigenvalue weighted by atomic mass is 14.8. The number of hydrogen-bond donors (Lipinski definition) is 0. The Morgan fingerprint density at radius 3 is 2.29 bits per heavy atom. The maximum atomic E-state index is 4.26. The summed E-state index contributed by atoms with van der Waals surface area (Å²) >= 11 is 0. The lowest BCUT2D eigenvalue weighted by Gasteiger charge is -2.01. The maximum Gasteiger partial charge on any atom is 0.0842 e. The quantitative estimate of drug-likeness (QED) is 0.683. The monoisotopic (exact) mass is 234 g/mol. The molecule has 0 atom stereocenters. The lowest BCUT2D eigenvalue weighted by Crippen LogP contribution is -1.87. The molecule has 0 saturated heterocycles. The molecule has 2 nitrogen and oxygen atoms in total. The van der Waals surface area contributed by atoms with E-state index >= 15 is 0 Å². The molecule has 1 rings (SSSR count). The molecule has 0 bridgehead atoms. The molecule has 0 N–H and O–H groups in total. The van der Waals surface area contributed by atoms with Crippen molar-refractivity contribution in [2.24, 2.45) is 4.99 Å². The van der Waals surface area contributed by atoms with Gasteiger partial charge in [-0.25, -0.2) is 0 Å². The summed E-state index contributed by atoms with van der Waals surface area (Å²) in [5.41, 5.74) is 3.18. The van der Waals surface area contributed by atoms with Crippen LogP contribution >= 0.6 is 0 Å². The Kier molecular flexibility index (Phi) is 13.3. The fraction of sp³-hybridized carbons (Fsp3) is 0.467. The Morgan fingerprint density at radius 2 is 1.88 bits per heavy atom. The zero-order valence-corrected chi connectivity index (χ0v) is 12.1. The predicted octanol–water partition coefficient (Wildman–Crippen LogP) is 4.89. The van der Waals surface area contributed by atoms with Crippen LogP contribution in [0.1, 0.15) is 45.9 Å². The van der Waals surface area contributed by atoms with Crippen molar-refractivity contribution in [1.82, 2.24) is 4.98 Å². The van der Waals surface area contributed by atoms with Gasteiger partial charge in [0.15, 0.2) is 0 Å². The van der Waals surface area contributed by atoms with E-state index in [0.29, 0.717) is 0 Å². The molecule has 0 aliphatic rings. The van der Waals surface area contributed by atoms with Gasteiger partial charge in [-0.3, -0.25) is 9.98 Å². The number of rotatable bonds is 3. The third-order valence-corrected chi connectivity index (χ3v) is 1.82. The third kappa shape index (κ3) is 7.45. The molecule has 0 aliphatic heterocycles. The lowest BCUT2D eigenvalue weighted by atomic mass is 10.2. The summed E-state index contributed by atoms with van der Waals surface area (Å²) < 4.78 is 0. The molecule has 1 aromatic rings. The van der Waals surface area contributed by atoms with Crippen LogP contribution in [-0.4, -0.2) is 11.2 Å². The first-order chi connectivity index (χ1) is 8.27. The van der Waals surface area contributed by atoms with Gasteiger partial charge in [-0.15, -0.1) is 0 Å². The molecule has 0 saturated carbocycles. The summed E-state index contributed by atoms with van der Waals surface area (Å²) in [5.74, 6) is 0. The van der Waals surface area contributed by atoms with Gasteiger partial charge in [0.25, 0.3) is 0 Å². The zero-order chi connectivity index (χ0) is 13.7. The first-order valence-corrected chi connectivity index (χ1v) is 6.38. The third-order valence-electron chi connectivity index (χ3n) is 1.82. The number of aryl methyl sites for hydroxylation is 2. The molecular weight excluding hydrogens is 208 g/mol. The summed E-state index contributed by atoms with van der Waals surface area (Å²) in [6.07, 6.45) is 6.10. The van der Waals surface area contributed by atoms with Crippen LogP contribution in [0.25, 0.3) is 0 Å². The summed E-state index contributed by atoms with van der Waals surface area (Å²) in [4.78, 5) is 8.46. The van der Waals surface area contributed by atoms with Crippen LogP contribution < -0.4 is 0 Å². The Bertz CT molecular complexity index is 328.